The van der Waals surface area contributed by atoms with Crippen LogP contribution in [-0.2, 0) is 4.79 Å². The molecular formula is C15H22N2O3. The van der Waals surface area contributed by atoms with Crippen LogP contribution in [0.5, 0.6) is 0 Å². The van der Waals surface area contributed by atoms with Gasteiger partial charge in [0.1, 0.15) is 6.04 Å². The first-order chi connectivity index (χ1) is 9.29. The molecule has 0 aliphatic carbocycles. The van der Waals surface area contributed by atoms with Gasteiger partial charge in [0.2, 0.25) is 0 Å². The van der Waals surface area contributed by atoms with Gasteiger partial charge in [0.15, 0.2) is 0 Å². The molecule has 0 spiro atoms. The predicted molar refractivity (Wildman–Crippen MR) is 78.9 cm³/mol. The van der Waals surface area contributed by atoms with Crippen LogP contribution in [0.3, 0.4) is 0 Å². The minimum Gasteiger partial charge on any atom is -0.480 e. The number of aryl methyl sites for hydroxylation is 2. The highest BCUT2D eigenvalue weighted by molar-refractivity contribution is 5.92. The van der Waals surface area contributed by atoms with Crippen LogP contribution in [-0.4, -0.2) is 23.1 Å². The summed E-state index contributed by atoms with van der Waals surface area (Å²) in [5, 5.41) is 14.3. The molecule has 20 heavy (non-hydrogen) atoms. The number of nitrogens with one attached hydrogen (secondary N) is 2. The molecule has 0 aliphatic rings. The maximum atomic E-state index is 11.9. The zero-order valence-corrected chi connectivity index (χ0v) is 12.4. The van der Waals surface area contributed by atoms with E-state index in [-0.39, 0.29) is 5.92 Å². The van der Waals surface area contributed by atoms with Crippen molar-refractivity contribution in [3.8, 4) is 0 Å². The quantitative estimate of drug-likeness (QED) is 0.775. The molecular weight excluding hydrogens is 256 g/mol. The lowest BCUT2D eigenvalue weighted by Gasteiger charge is -2.17. The normalized spacial score (nSPS) is 12.1. The van der Waals surface area contributed by atoms with Gasteiger partial charge < -0.3 is 15.7 Å². The number of aliphatic carboxylic acids is 1. The molecule has 5 nitrogen and oxygen atoms in total. The molecule has 0 radical (unpaired) electrons. The summed E-state index contributed by atoms with van der Waals surface area (Å²) in [5.74, 6) is -0.827. The molecule has 1 atom stereocenters. The zero-order chi connectivity index (χ0) is 15.3. The fourth-order valence-corrected chi connectivity index (χ4v) is 1.96. The first-order valence-electron chi connectivity index (χ1n) is 6.67. The van der Waals surface area contributed by atoms with Crippen LogP contribution in [0, 0.1) is 19.8 Å². The van der Waals surface area contributed by atoms with Crippen molar-refractivity contribution in [3.05, 3.63) is 29.3 Å². The number of hydrogen-bond donors (Lipinski definition) is 3. The van der Waals surface area contributed by atoms with Crippen LogP contribution in [0.4, 0.5) is 10.5 Å². The molecule has 0 saturated carbocycles. The Morgan fingerprint density at radius 3 is 2.40 bits per heavy atom. The largest absolute Gasteiger partial charge is 0.480 e. The average Bonchev–Trinajstić information content (AvgIpc) is 2.31. The highest BCUT2D eigenvalue weighted by Gasteiger charge is 2.21. The zero-order valence-electron chi connectivity index (χ0n) is 12.4. The summed E-state index contributed by atoms with van der Waals surface area (Å²) in [6.45, 7) is 7.70. The Morgan fingerprint density at radius 2 is 1.90 bits per heavy atom. The third-order valence-electron chi connectivity index (χ3n) is 2.94. The van der Waals surface area contributed by atoms with Crippen molar-refractivity contribution in [2.75, 3.05) is 5.32 Å². The summed E-state index contributed by atoms with van der Waals surface area (Å²) in [4.78, 5) is 23.0. The van der Waals surface area contributed by atoms with Gasteiger partial charge in [-0.2, -0.15) is 0 Å². The van der Waals surface area contributed by atoms with E-state index < -0.39 is 18.0 Å². The molecule has 0 fully saturated rings. The molecule has 3 N–H and O–H groups in total. The van der Waals surface area contributed by atoms with Gasteiger partial charge in [-0.15, -0.1) is 0 Å². The van der Waals surface area contributed by atoms with Crippen molar-refractivity contribution < 1.29 is 14.7 Å². The fraction of sp³-hybridized carbons (Fsp3) is 0.467. The average molecular weight is 278 g/mol. The van der Waals surface area contributed by atoms with Crippen LogP contribution in [0.2, 0.25) is 0 Å². The van der Waals surface area contributed by atoms with Crippen LogP contribution in [0.25, 0.3) is 0 Å². The molecule has 1 rings (SSSR count). The highest BCUT2D eigenvalue weighted by Crippen LogP contribution is 2.16. The first kappa shape index (κ1) is 16.0. The molecule has 0 unspecified atom stereocenters. The Bertz CT molecular complexity index is 498. The lowest BCUT2D eigenvalue weighted by Crippen LogP contribution is -2.43. The Balaban J connectivity index is 2.68. The van der Waals surface area contributed by atoms with Crippen molar-refractivity contribution in [3.63, 3.8) is 0 Å². The molecule has 5 heteroatoms. The topological polar surface area (TPSA) is 78.4 Å². The summed E-state index contributed by atoms with van der Waals surface area (Å²) in [5.41, 5.74) is 2.73. The summed E-state index contributed by atoms with van der Waals surface area (Å²) in [6, 6.07) is 4.29. The van der Waals surface area contributed by atoms with Gasteiger partial charge in [-0.1, -0.05) is 31.5 Å². The molecule has 1 aromatic carbocycles. The van der Waals surface area contributed by atoms with E-state index in [2.05, 4.69) is 10.6 Å². The van der Waals surface area contributed by atoms with E-state index in [0.717, 1.165) is 11.1 Å². The molecule has 2 amide bonds. The van der Waals surface area contributed by atoms with Crippen molar-refractivity contribution in [1.82, 2.24) is 5.32 Å². The number of urea groups is 1. The second-order valence-corrected chi connectivity index (χ2v) is 5.44. The van der Waals surface area contributed by atoms with E-state index in [1.165, 1.54) is 0 Å². The molecule has 110 valence electrons. The molecule has 1 aromatic rings. The minimum absolute atomic E-state index is 0.192. The number of carbonyl (C=O) groups is 2. The summed E-state index contributed by atoms with van der Waals surface area (Å²) >= 11 is 0. The Labute approximate surface area is 119 Å². The SMILES string of the molecule is Cc1ccc(NC(=O)N[C@H](CC(C)C)C(=O)O)c(C)c1. The van der Waals surface area contributed by atoms with Gasteiger partial charge in [-0.3, -0.25) is 0 Å². The molecule has 0 aromatic heterocycles. The van der Waals surface area contributed by atoms with E-state index in [9.17, 15) is 9.59 Å². The number of benzene rings is 1. The van der Waals surface area contributed by atoms with E-state index in [1.807, 2.05) is 45.9 Å². The first-order valence-corrected chi connectivity index (χ1v) is 6.67. The van der Waals surface area contributed by atoms with Crippen molar-refractivity contribution in [2.24, 2.45) is 5.92 Å². The number of carboxylic acid groups (broad SMARTS) is 1. The van der Waals surface area contributed by atoms with E-state index >= 15 is 0 Å². The maximum Gasteiger partial charge on any atom is 0.326 e. The number of hydrogen-bond acceptors (Lipinski definition) is 2. The predicted octanol–water partition coefficient (Wildman–Crippen LogP) is 2.92. The lowest BCUT2D eigenvalue weighted by atomic mass is 10.0. The van der Waals surface area contributed by atoms with Crippen molar-refractivity contribution >= 4 is 17.7 Å². The van der Waals surface area contributed by atoms with Crippen LogP contribution < -0.4 is 10.6 Å². The summed E-state index contributed by atoms with van der Waals surface area (Å²) < 4.78 is 0. The number of anilines is 1. The smallest absolute Gasteiger partial charge is 0.326 e. The van der Waals surface area contributed by atoms with Gasteiger partial charge >= 0.3 is 12.0 Å². The third kappa shape index (κ3) is 4.91. The molecule has 0 heterocycles. The monoisotopic (exact) mass is 278 g/mol. The Morgan fingerprint density at radius 1 is 1.25 bits per heavy atom. The van der Waals surface area contributed by atoms with E-state index in [4.69, 9.17) is 5.11 Å². The summed E-state index contributed by atoms with van der Waals surface area (Å²) in [6.07, 6.45) is 0.398. The van der Waals surface area contributed by atoms with E-state index in [0.29, 0.717) is 12.1 Å². The van der Waals surface area contributed by atoms with E-state index in [1.54, 1.807) is 0 Å². The maximum absolute atomic E-state index is 11.9. The third-order valence-corrected chi connectivity index (χ3v) is 2.94. The molecule has 0 saturated heterocycles. The number of rotatable bonds is 5. The Hall–Kier alpha value is -2.04. The van der Waals surface area contributed by atoms with Crippen molar-refractivity contribution in [2.45, 2.75) is 40.2 Å². The van der Waals surface area contributed by atoms with Crippen molar-refractivity contribution in [1.29, 1.82) is 0 Å². The van der Waals surface area contributed by atoms with Gasteiger partial charge in [0, 0.05) is 5.69 Å². The molecule has 0 bridgehead atoms. The second-order valence-electron chi connectivity index (χ2n) is 5.44. The lowest BCUT2D eigenvalue weighted by molar-refractivity contribution is -0.139. The van der Waals surface area contributed by atoms with Crippen LogP contribution >= 0.6 is 0 Å². The summed E-state index contributed by atoms with van der Waals surface area (Å²) in [7, 11) is 0. The van der Waals surface area contributed by atoms with Gasteiger partial charge in [-0.05, 0) is 37.8 Å². The standard InChI is InChI=1S/C15H22N2O3/c1-9(2)7-13(14(18)19)17-15(20)16-12-6-5-10(3)8-11(12)4/h5-6,8-9,13H,7H2,1-4H3,(H,18,19)(H2,16,17,20)/t13-/m1/s1. The van der Waals surface area contributed by atoms with Gasteiger partial charge in [0.25, 0.3) is 0 Å². The molecule has 0 aliphatic heterocycles. The van der Waals surface area contributed by atoms with Crippen LogP contribution in [0.15, 0.2) is 18.2 Å². The van der Waals surface area contributed by atoms with Gasteiger partial charge in [-0.25, -0.2) is 9.59 Å². The number of amides is 2. The highest BCUT2D eigenvalue weighted by atomic mass is 16.4. The van der Waals surface area contributed by atoms with Gasteiger partial charge in [0.05, 0.1) is 0 Å². The number of carbonyl (C=O) groups excluding carboxylic acids is 1. The Kier molecular flexibility index (Phi) is 5.55. The van der Waals surface area contributed by atoms with Crippen LogP contribution in [0.1, 0.15) is 31.4 Å². The number of carboxylic acids is 1. The fourth-order valence-electron chi connectivity index (χ4n) is 1.96. The second kappa shape index (κ2) is 6.93. The minimum atomic E-state index is -1.02.